The van der Waals surface area contributed by atoms with E-state index >= 15 is 0 Å². The third kappa shape index (κ3) is 1.41. The number of aryl methyl sites for hydroxylation is 2. The van der Waals surface area contributed by atoms with Crippen LogP contribution in [0.15, 0.2) is 12.3 Å². The van der Waals surface area contributed by atoms with Crippen molar-refractivity contribution in [2.75, 3.05) is 13.1 Å². The smallest absolute Gasteiger partial charge is 0.308 e. The van der Waals surface area contributed by atoms with Crippen LogP contribution < -0.4 is 9.88 Å². The molecular weight excluding hydrogens is 200 g/mol. The average Bonchev–Trinajstić information content (AvgIpc) is 2.42. The predicted molar refractivity (Wildman–Crippen MR) is 62.2 cm³/mol. The summed E-state index contributed by atoms with van der Waals surface area (Å²) in [4.78, 5) is 4.74. The molecule has 84 valence electrons. The zero-order valence-corrected chi connectivity index (χ0v) is 9.82. The zero-order valence-electron chi connectivity index (χ0n) is 9.82. The molecule has 0 aliphatic carbocycles. The van der Waals surface area contributed by atoms with Crippen LogP contribution in [-0.4, -0.2) is 22.6 Å². The Kier molecular flexibility index (Phi) is 2.17. The van der Waals surface area contributed by atoms with Crippen LogP contribution >= 0.6 is 0 Å². The molecule has 0 aromatic carbocycles. The highest BCUT2D eigenvalue weighted by atomic mass is 15.2. The fourth-order valence-corrected chi connectivity index (χ4v) is 2.54. The van der Waals surface area contributed by atoms with Crippen LogP contribution in [-0.2, 0) is 20.0 Å². The van der Waals surface area contributed by atoms with Gasteiger partial charge in [0.1, 0.15) is 6.54 Å². The van der Waals surface area contributed by atoms with E-state index in [2.05, 4.69) is 40.7 Å². The van der Waals surface area contributed by atoms with E-state index in [1.165, 1.54) is 17.0 Å². The third-order valence-electron chi connectivity index (χ3n) is 3.18. The van der Waals surface area contributed by atoms with E-state index in [9.17, 15) is 0 Å². The molecule has 0 saturated carbocycles. The maximum atomic E-state index is 4.74. The van der Waals surface area contributed by atoms with Gasteiger partial charge in [-0.05, 0) is 18.6 Å². The van der Waals surface area contributed by atoms with Crippen molar-refractivity contribution in [3.05, 3.63) is 23.7 Å². The van der Waals surface area contributed by atoms with Gasteiger partial charge in [0.25, 0.3) is 0 Å². The molecule has 0 amide bonds. The summed E-state index contributed by atoms with van der Waals surface area (Å²) in [5, 5.41) is 3.41. The highest BCUT2D eigenvalue weighted by Crippen LogP contribution is 2.15. The minimum Gasteiger partial charge on any atom is -0.312 e. The molecule has 3 rings (SSSR count). The van der Waals surface area contributed by atoms with Crippen LogP contribution in [0.1, 0.15) is 11.4 Å². The highest BCUT2D eigenvalue weighted by Gasteiger charge is 2.21. The molecule has 0 bridgehead atoms. The second kappa shape index (κ2) is 3.56. The summed E-state index contributed by atoms with van der Waals surface area (Å²) in [5.74, 6) is 1.21. The molecule has 0 fully saturated rings. The Morgan fingerprint density at radius 2 is 2.31 bits per heavy atom. The lowest BCUT2D eigenvalue weighted by molar-refractivity contribution is -0.648. The van der Waals surface area contributed by atoms with Gasteiger partial charge in [0.05, 0.1) is 13.2 Å². The lowest BCUT2D eigenvalue weighted by Gasteiger charge is -2.00. The minimum atomic E-state index is 1.02. The number of imidazole rings is 1. The quantitative estimate of drug-likeness (QED) is 0.645. The Bertz CT molecular complexity index is 541. The van der Waals surface area contributed by atoms with Crippen molar-refractivity contribution in [3.63, 3.8) is 0 Å². The van der Waals surface area contributed by atoms with Crippen LogP contribution in [0.2, 0.25) is 0 Å². The van der Waals surface area contributed by atoms with Gasteiger partial charge in [-0.1, -0.05) is 0 Å². The van der Waals surface area contributed by atoms with Crippen molar-refractivity contribution >= 4 is 11.2 Å². The molecule has 2 aromatic heterocycles. The number of rotatable bonds is 0. The van der Waals surface area contributed by atoms with Crippen molar-refractivity contribution in [1.29, 1.82) is 0 Å². The first-order valence-electron chi connectivity index (χ1n) is 5.82. The van der Waals surface area contributed by atoms with Gasteiger partial charge < -0.3 is 5.32 Å². The molecule has 4 heteroatoms. The number of hydrogen-bond acceptors (Lipinski definition) is 2. The normalized spacial score (nSPS) is 16.1. The molecule has 2 aromatic rings. The summed E-state index contributed by atoms with van der Waals surface area (Å²) in [6.45, 7) is 5.20. The van der Waals surface area contributed by atoms with E-state index in [0.29, 0.717) is 0 Å². The van der Waals surface area contributed by atoms with Crippen molar-refractivity contribution in [2.24, 2.45) is 7.05 Å². The van der Waals surface area contributed by atoms with Gasteiger partial charge >= 0.3 is 5.65 Å². The van der Waals surface area contributed by atoms with Crippen LogP contribution in [0.4, 0.5) is 0 Å². The first kappa shape index (κ1) is 9.78. The van der Waals surface area contributed by atoms with Crippen molar-refractivity contribution < 1.29 is 4.57 Å². The summed E-state index contributed by atoms with van der Waals surface area (Å²) >= 11 is 0. The lowest BCUT2D eigenvalue weighted by atomic mass is 10.3. The zero-order chi connectivity index (χ0) is 11.1. The summed E-state index contributed by atoms with van der Waals surface area (Å²) in [5.41, 5.74) is 3.63. The van der Waals surface area contributed by atoms with E-state index in [4.69, 9.17) is 4.98 Å². The number of nitrogens with one attached hydrogen (secondary N) is 1. The Labute approximate surface area is 94.9 Å². The van der Waals surface area contributed by atoms with Gasteiger partial charge in [-0.3, -0.25) is 0 Å². The Balaban J connectivity index is 2.29. The van der Waals surface area contributed by atoms with Gasteiger partial charge in [-0.15, -0.1) is 0 Å². The van der Waals surface area contributed by atoms with Crippen molar-refractivity contribution in [2.45, 2.75) is 19.9 Å². The number of hydrogen-bond donors (Lipinski definition) is 1. The molecule has 1 aliphatic rings. The molecule has 0 atom stereocenters. The maximum Gasteiger partial charge on any atom is 0.308 e. The van der Waals surface area contributed by atoms with Crippen LogP contribution in [0.25, 0.3) is 11.2 Å². The molecule has 4 nitrogen and oxygen atoms in total. The van der Waals surface area contributed by atoms with Gasteiger partial charge in [-0.2, -0.15) is 0 Å². The van der Waals surface area contributed by atoms with Crippen molar-refractivity contribution in [1.82, 2.24) is 14.9 Å². The standard InChI is InChI=1S/C12H17N4/c1-9-7-10-12(15(2)8-9)16-6-5-13-4-3-11(16)14-10/h7-8,13H,3-6H2,1-2H3/q+1. The molecular formula is C12H17N4+. The third-order valence-corrected chi connectivity index (χ3v) is 3.18. The first-order valence-corrected chi connectivity index (χ1v) is 5.82. The highest BCUT2D eigenvalue weighted by molar-refractivity contribution is 5.69. The van der Waals surface area contributed by atoms with E-state index in [-0.39, 0.29) is 0 Å². The summed E-state index contributed by atoms with van der Waals surface area (Å²) in [7, 11) is 2.10. The van der Waals surface area contributed by atoms with Gasteiger partial charge in [0, 0.05) is 19.5 Å². The number of aromatic nitrogens is 3. The van der Waals surface area contributed by atoms with Gasteiger partial charge in [-0.25, -0.2) is 14.1 Å². The van der Waals surface area contributed by atoms with E-state index in [1.807, 2.05) is 0 Å². The number of pyridine rings is 1. The maximum absolute atomic E-state index is 4.74. The summed E-state index contributed by atoms with van der Waals surface area (Å²) in [6, 6.07) is 2.17. The predicted octanol–water partition coefficient (Wildman–Crippen LogP) is 0.315. The number of nitrogens with zero attached hydrogens (tertiary/aromatic N) is 3. The molecule has 0 spiro atoms. The van der Waals surface area contributed by atoms with Crippen LogP contribution in [0.5, 0.6) is 0 Å². The largest absolute Gasteiger partial charge is 0.312 e. The number of fused-ring (bicyclic) bond motifs is 3. The lowest BCUT2D eigenvalue weighted by Crippen LogP contribution is -2.32. The first-order chi connectivity index (χ1) is 7.75. The SMILES string of the molecule is Cc1cc2nc3n(c2[n+](C)c1)CCNCC3. The fourth-order valence-electron chi connectivity index (χ4n) is 2.54. The summed E-state index contributed by atoms with van der Waals surface area (Å²) in [6.07, 6.45) is 3.18. The summed E-state index contributed by atoms with van der Waals surface area (Å²) < 4.78 is 4.53. The molecule has 1 aliphatic heterocycles. The monoisotopic (exact) mass is 217 g/mol. The van der Waals surface area contributed by atoms with E-state index < -0.39 is 0 Å². The Morgan fingerprint density at radius 3 is 3.19 bits per heavy atom. The fraction of sp³-hybridized carbons (Fsp3) is 0.500. The molecule has 3 heterocycles. The molecule has 1 N–H and O–H groups in total. The van der Waals surface area contributed by atoms with Crippen LogP contribution in [0.3, 0.4) is 0 Å². The molecule has 0 saturated heterocycles. The van der Waals surface area contributed by atoms with E-state index in [0.717, 1.165) is 31.6 Å². The van der Waals surface area contributed by atoms with Crippen LogP contribution in [0, 0.1) is 6.92 Å². The molecule has 16 heavy (non-hydrogen) atoms. The topological polar surface area (TPSA) is 33.7 Å². The second-order valence-corrected chi connectivity index (χ2v) is 4.52. The van der Waals surface area contributed by atoms with Gasteiger partial charge in [0.15, 0.2) is 11.3 Å². The minimum absolute atomic E-state index is 1.02. The average molecular weight is 217 g/mol. The van der Waals surface area contributed by atoms with E-state index in [1.54, 1.807) is 0 Å². The Hall–Kier alpha value is -1.42. The van der Waals surface area contributed by atoms with Crippen molar-refractivity contribution in [3.8, 4) is 0 Å². The Morgan fingerprint density at radius 1 is 1.44 bits per heavy atom. The second-order valence-electron chi connectivity index (χ2n) is 4.52. The molecule has 0 radical (unpaired) electrons. The van der Waals surface area contributed by atoms with Gasteiger partial charge in [0.2, 0.25) is 0 Å². The molecule has 0 unspecified atom stereocenters.